The summed E-state index contributed by atoms with van der Waals surface area (Å²) in [5.41, 5.74) is 3.87. The quantitative estimate of drug-likeness (QED) is 0.355. The zero-order chi connectivity index (χ0) is 8.97. The van der Waals surface area contributed by atoms with Crippen LogP contribution in [0.2, 0.25) is 0 Å². The second-order valence-electron chi connectivity index (χ2n) is 2.86. The highest BCUT2D eigenvalue weighted by Crippen LogP contribution is 2.09. The van der Waals surface area contributed by atoms with Gasteiger partial charge in [-0.25, -0.2) is 10.4 Å². The lowest BCUT2D eigenvalue weighted by Crippen LogP contribution is -2.27. The third-order valence-corrected chi connectivity index (χ3v) is 1.49. The topological polar surface area (TPSA) is 66.7 Å². The highest BCUT2D eigenvalue weighted by molar-refractivity contribution is 5.09. The van der Waals surface area contributed by atoms with Gasteiger partial charge >= 0.3 is 0 Å². The summed E-state index contributed by atoms with van der Waals surface area (Å²) >= 11 is 0. The molecule has 0 bridgehead atoms. The number of allylic oxidation sites excluding steroid dienone is 1. The molecule has 1 atom stereocenters. The maximum Gasteiger partial charge on any atom is 0.128 e. The van der Waals surface area contributed by atoms with Crippen LogP contribution in [0.1, 0.15) is 25.7 Å². The largest absolute Gasteiger partial charge is 0.347 e. The van der Waals surface area contributed by atoms with Crippen LogP contribution in [-0.4, -0.2) is 9.97 Å². The second-order valence-corrected chi connectivity index (χ2v) is 2.86. The van der Waals surface area contributed by atoms with Gasteiger partial charge in [-0.15, -0.1) is 0 Å². The summed E-state index contributed by atoms with van der Waals surface area (Å²) in [7, 11) is 0. The molecule has 4 heteroatoms. The Balaban J connectivity index is 2.77. The first-order valence-electron chi connectivity index (χ1n) is 3.84. The fourth-order valence-corrected chi connectivity index (χ4v) is 0.987. The number of hydrazine groups is 1. The summed E-state index contributed by atoms with van der Waals surface area (Å²) in [5, 5.41) is 0. The predicted molar refractivity (Wildman–Crippen MR) is 48.1 cm³/mol. The average Bonchev–Trinajstić information content (AvgIpc) is 2.51. The van der Waals surface area contributed by atoms with Crippen molar-refractivity contribution < 1.29 is 0 Å². The monoisotopic (exact) mass is 166 g/mol. The van der Waals surface area contributed by atoms with Gasteiger partial charge in [-0.2, -0.15) is 0 Å². The number of imidazole rings is 1. The third kappa shape index (κ3) is 2.18. The van der Waals surface area contributed by atoms with Crippen molar-refractivity contribution in [2.45, 2.75) is 19.9 Å². The van der Waals surface area contributed by atoms with Crippen molar-refractivity contribution in [3.63, 3.8) is 0 Å². The minimum absolute atomic E-state index is 0.0231. The van der Waals surface area contributed by atoms with Gasteiger partial charge in [0, 0.05) is 12.4 Å². The molecule has 0 saturated heterocycles. The van der Waals surface area contributed by atoms with Gasteiger partial charge in [0.05, 0.1) is 6.04 Å². The Kier molecular flexibility index (Phi) is 3.01. The maximum absolute atomic E-state index is 5.36. The predicted octanol–water partition coefficient (Wildman–Crippen LogP) is 0.880. The number of H-pyrrole nitrogens is 1. The molecule has 1 heterocycles. The van der Waals surface area contributed by atoms with Gasteiger partial charge in [0.15, 0.2) is 0 Å². The molecule has 0 radical (unpaired) electrons. The summed E-state index contributed by atoms with van der Waals surface area (Å²) in [5.74, 6) is 6.19. The molecule has 0 spiro atoms. The van der Waals surface area contributed by atoms with Crippen LogP contribution in [0.5, 0.6) is 0 Å². The van der Waals surface area contributed by atoms with Crippen LogP contribution in [-0.2, 0) is 0 Å². The molecule has 1 unspecified atom stereocenters. The zero-order valence-electron chi connectivity index (χ0n) is 7.33. The maximum atomic E-state index is 5.36. The standard InChI is InChI=1S/C8H14N4/c1-6(2)5-7(12-9)8-10-3-4-11-8/h3-5,7,12H,9H2,1-2H3,(H,10,11). The number of hydrogen-bond acceptors (Lipinski definition) is 3. The fourth-order valence-electron chi connectivity index (χ4n) is 0.987. The molecule has 1 aromatic rings. The van der Waals surface area contributed by atoms with E-state index in [0.29, 0.717) is 0 Å². The van der Waals surface area contributed by atoms with E-state index in [4.69, 9.17) is 5.84 Å². The number of nitrogens with one attached hydrogen (secondary N) is 2. The van der Waals surface area contributed by atoms with Gasteiger partial charge < -0.3 is 4.98 Å². The molecule has 4 nitrogen and oxygen atoms in total. The minimum atomic E-state index is -0.0231. The van der Waals surface area contributed by atoms with Crippen LogP contribution in [0, 0.1) is 0 Å². The molecule has 0 aromatic carbocycles. The first-order chi connectivity index (χ1) is 5.74. The van der Waals surface area contributed by atoms with E-state index >= 15 is 0 Å². The number of aromatic nitrogens is 2. The molecule has 0 amide bonds. The van der Waals surface area contributed by atoms with E-state index in [-0.39, 0.29) is 6.04 Å². The van der Waals surface area contributed by atoms with Gasteiger partial charge in [0.25, 0.3) is 0 Å². The summed E-state index contributed by atoms with van der Waals surface area (Å²) in [6.45, 7) is 4.04. The van der Waals surface area contributed by atoms with Crippen LogP contribution in [0.3, 0.4) is 0 Å². The van der Waals surface area contributed by atoms with E-state index in [1.54, 1.807) is 12.4 Å². The molecule has 4 N–H and O–H groups in total. The van der Waals surface area contributed by atoms with Crippen LogP contribution >= 0.6 is 0 Å². The van der Waals surface area contributed by atoms with Crippen molar-refractivity contribution in [3.8, 4) is 0 Å². The van der Waals surface area contributed by atoms with E-state index in [1.165, 1.54) is 5.57 Å². The molecule has 0 aliphatic heterocycles. The molecule has 0 fully saturated rings. The molecular weight excluding hydrogens is 152 g/mol. The Morgan fingerprint density at radius 3 is 2.92 bits per heavy atom. The van der Waals surface area contributed by atoms with Crippen LogP contribution in [0.15, 0.2) is 24.0 Å². The number of nitrogens with two attached hydrogens (primary N) is 1. The number of rotatable bonds is 3. The molecule has 12 heavy (non-hydrogen) atoms. The SMILES string of the molecule is CC(C)=CC(NN)c1ncc[nH]1. The smallest absolute Gasteiger partial charge is 0.128 e. The normalized spacial score (nSPS) is 12.6. The Morgan fingerprint density at radius 1 is 1.75 bits per heavy atom. The van der Waals surface area contributed by atoms with E-state index in [9.17, 15) is 0 Å². The van der Waals surface area contributed by atoms with E-state index in [2.05, 4.69) is 15.4 Å². The van der Waals surface area contributed by atoms with Crippen LogP contribution < -0.4 is 11.3 Å². The lowest BCUT2D eigenvalue weighted by Gasteiger charge is -2.08. The zero-order valence-corrected chi connectivity index (χ0v) is 7.33. The summed E-state index contributed by atoms with van der Waals surface area (Å²) in [6, 6.07) is -0.0231. The lowest BCUT2D eigenvalue weighted by atomic mass is 10.2. The third-order valence-electron chi connectivity index (χ3n) is 1.49. The Bertz CT molecular complexity index is 246. The first-order valence-corrected chi connectivity index (χ1v) is 3.84. The van der Waals surface area contributed by atoms with E-state index in [0.717, 1.165) is 5.82 Å². The highest BCUT2D eigenvalue weighted by Gasteiger charge is 2.06. The molecule has 1 aromatic heterocycles. The van der Waals surface area contributed by atoms with Crippen molar-refractivity contribution in [2.75, 3.05) is 0 Å². The van der Waals surface area contributed by atoms with Crippen molar-refractivity contribution in [2.24, 2.45) is 5.84 Å². The van der Waals surface area contributed by atoms with Crippen molar-refractivity contribution in [1.29, 1.82) is 0 Å². The molecule has 0 saturated carbocycles. The van der Waals surface area contributed by atoms with E-state index in [1.807, 2.05) is 19.9 Å². The Hall–Kier alpha value is -1.13. The number of nitrogens with zero attached hydrogens (tertiary/aromatic N) is 1. The van der Waals surface area contributed by atoms with Crippen molar-refractivity contribution in [3.05, 3.63) is 29.9 Å². The summed E-state index contributed by atoms with van der Waals surface area (Å²) in [4.78, 5) is 7.09. The molecular formula is C8H14N4. The lowest BCUT2D eigenvalue weighted by molar-refractivity contribution is 0.622. The molecule has 0 aliphatic carbocycles. The fraction of sp³-hybridized carbons (Fsp3) is 0.375. The Morgan fingerprint density at radius 2 is 2.50 bits per heavy atom. The summed E-state index contributed by atoms with van der Waals surface area (Å²) < 4.78 is 0. The van der Waals surface area contributed by atoms with Crippen molar-refractivity contribution in [1.82, 2.24) is 15.4 Å². The minimum Gasteiger partial charge on any atom is -0.347 e. The van der Waals surface area contributed by atoms with Crippen molar-refractivity contribution >= 4 is 0 Å². The first kappa shape index (κ1) is 8.96. The highest BCUT2D eigenvalue weighted by atomic mass is 15.2. The van der Waals surface area contributed by atoms with Gasteiger partial charge in [0.1, 0.15) is 5.82 Å². The van der Waals surface area contributed by atoms with Gasteiger partial charge in [-0.3, -0.25) is 5.84 Å². The van der Waals surface area contributed by atoms with Gasteiger partial charge in [0.2, 0.25) is 0 Å². The van der Waals surface area contributed by atoms with E-state index < -0.39 is 0 Å². The second kappa shape index (κ2) is 4.04. The Labute approximate surface area is 71.9 Å². The van der Waals surface area contributed by atoms with Crippen LogP contribution in [0.4, 0.5) is 0 Å². The molecule has 1 rings (SSSR count). The average molecular weight is 166 g/mol. The van der Waals surface area contributed by atoms with Gasteiger partial charge in [-0.1, -0.05) is 11.6 Å². The summed E-state index contributed by atoms with van der Waals surface area (Å²) in [6.07, 6.45) is 5.50. The van der Waals surface area contributed by atoms with Gasteiger partial charge in [-0.05, 0) is 13.8 Å². The number of aromatic amines is 1. The van der Waals surface area contributed by atoms with Crippen LogP contribution in [0.25, 0.3) is 0 Å². The molecule has 0 aliphatic rings. The number of hydrogen-bond donors (Lipinski definition) is 3. The molecule has 66 valence electrons.